The van der Waals surface area contributed by atoms with Gasteiger partial charge in [0.15, 0.2) is 11.0 Å². The van der Waals surface area contributed by atoms with Crippen molar-refractivity contribution < 1.29 is 13.2 Å². The van der Waals surface area contributed by atoms with Crippen LogP contribution in [0.4, 0.5) is 13.2 Å². The second-order valence-corrected chi connectivity index (χ2v) is 7.36. The number of nitrogens with zero attached hydrogens (tertiary/aromatic N) is 3. The van der Waals surface area contributed by atoms with Crippen LogP contribution < -0.4 is 0 Å². The van der Waals surface area contributed by atoms with E-state index < -0.39 is 11.7 Å². The fourth-order valence-electron chi connectivity index (χ4n) is 2.24. The van der Waals surface area contributed by atoms with Gasteiger partial charge in [-0.05, 0) is 24.6 Å². The third kappa shape index (κ3) is 3.64. The molecule has 0 spiro atoms. The number of hydrogen-bond acceptors (Lipinski definition) is 4. The van der Waals surface area contributed by atoms with E-state index in [0.717, 1.165) is 17.5 Å². The molecule has 3 rings (SSSR count). The van der Waals surface area contributed by atoms with Gasteiger partial charge in [-0.3, -0.25) is 0 Å². The summed E-state index contributed by atoms with van der Waals surface area (Å²) < 4.78 is 40.1. The van der Waals surface area contributed by atoms with E-state index in [4.69, 9.17) is 0 Å². The van der Waals surface area contributed by atoms with E-state index in [1.165, 1.54) is 28.8 Å². The van der Waals surface area contributed by atoms with Crippen LogP contribution in [0.1, 0.15) is 16.0 Å². The maximum Gasteiger partial charge on any atom is 0.416 e. The summed E-state index contributed by atoms with van der Waals surface area (Å²) in [6.45, 7) is 2.02. The lowest BCUT2D eigenvalue weighted by Crippen LogP contribution is -2.05. The molecule has 0 unspecified atom stereocenters. The lowest BCUT2D eigenvalue weighted by atomic mass is 10.1. The number of thiophene rings is 1. The van der Waals surface area contributed by atoms with E-state index in [1.807, 2.05) is 30.0 Å². The third-order valence-electron chi connectivity index (χ3n) is 3.45. The Labute approximate surface area is 145 Å². The highest BCUT2D eigenvalue weighted by molar-refractivity contribution is 7.98. The minimum absolute atomic E-state index is 0.401. The number of halogens is 3. The number of aromatic nitrogens is 3. The van der Waals surface area contributed by atoms with E-state index in [2.05, 4.69) is 10.2 Å². The van der Waals surface area contributed by atoms with E-state index in [1.54, 1.807) is 17.4 Å². The van der Waals surface area contributed by atoms with Crippen LogP contribution in [0.5, 0.6) is 0 Å². The minimum atomic E-state index is -4.32. The average Bonchev–Trinajstić information content (AvgIpc) is 3.11. The highest BCUT2D eigenvalue weighted by Gasteiger charge is 2.30. The molecule has 3 nitrogen and oxygen atoms in total. The summed E-state index contributed by atoms with van der Waals surface area (Å²) in [4.78, 5) is 1.19. The quantitative estimate of drug-likeness (QED) is 0.595. The molecule has 0 radical (unpaired) electrons. The van der Waals surface area contributed by atoms with Gasteiger partial charge in [0.05, 0.1) is 5.56 Å². The van der Waals surface area contributed by atoms with Crippen molar-refractivity contribution in [3.8, 4) is 11.4 Å². The predicted molar refractivity (Wildman–Crippen MR) is 90.1 cm³/mol. The molecule has 0 saturated carbocycles. The molecule has 2 heterocycles. The van der Waals surface area contributed by atoms with E-state index in [9.17, 15) is 13.2 Å². The molecule has 0 saturated heterocycles. The van der Waals surface area contributed by atoms with Gasteiger partial charge in [0.25, 0.3) is 0 Å². The molecule has 24 heavy (non-hydrogen) atoms. The Hall–Kier alpha value is -1.80. The Bertz CT molecular complexity index is 852. The fourth-order valence-corrected chi connectivity index (χ4v) is 3.77. The van der Waals surface area contributed by atoms with Gasteiger partial charge in [0.1, 0.15) is 0 Å². The molecule has 2 aromatic heterocycles. The molecule has 0 amide bonds. The third-order valence-corrected chi connectivity index (χ3v) is 5.40. The fraction of sp³-hybridized carbons (Fsp3) is 0.250. The van der Waals surface area contributed by atoms with Gasteiger partial charge in [-0.2, -0.15) is 13.2 Å². The molecule has 0 aliphatic carbocycles. The lowest BCUT2D eigenvalue weighted by Gasteiger charge is -2.08. The Kier molecular flexibility index (Phi) is 4.69. The molecule has 0 N–H and O–H groups in total. The molecule has 0 fully saturated rings. The van der Waals surface area contributed by atoms with Crippen molar-refractivity contribution in [1.82, 2.24) is 14.8 Å². The van der Waals surface area contributed by atoms with Crippen molar-refractivity contribution in [2.45, 2.75) is 24.0 Å². The maximum atomic E-state index is 12.8. The average molecular weight is 369 g/mol. The zero-order valence-corrected chi connectivity index (χ0v) is 14.6. The van der Waals surface area contributed by atoms with E-state index in [-0.39, 0.29) is 0 Å². The zero-order valence-electron chi connectivity index (χ0n) is 13.0. The van der Waals surface area contributed by atoms with Crippen LogP contribution in [0.15, 0.2) is 40.9 Å². The summed E-state index contributed by atoms with van der Waals surface area (Å²) in [6.07, 6.45) is -4.32. The van der Waals surface area contributed by atoms with Gasteiger partial charge in [-0.25, -0.2) is 0 Å². The Morgan fingerprint density at radius 3 is 2.67 bits per heavy atom. The van der Waals surface area contributed by atoms with Gasteiger partial charge >= 0.3 is 6.18 Å². The SMILES string of the molecule is Cc1cc(-c2nnc(SCc3cccc(C(F)(F)F)c3)n2C)cs1. The summed E-state index contributed by atoms with van der Waals surface area (Å²) >= 11 is 3.00. The van der Waals surface area contributed by atoms with Crippen molar-refractivity contribution in [2.75, 3.05) is 0 Å². The van der Waals surface area contributed by atoms with Crippen LogP contribution in [0.25, 0.3) is 11.4 Å². The van der Waals surface area contributed by atoms with Crippen molar-refractivity contribution >= 4 is 23.1 Å². The molecule has 8 heteroatoms. The van der Waals surface area contributed by atoms with E-state index >= 15 is 0 Å². The second-order valence-electron chi connectivity index (χ2n) is 5.30. The first kappa shape index (κ1) is 17.0. The Balaban J connectivity index is 1.75. The molecule has 1 aromatic carbocycles. The number of benzene rings is 1. The summed E-state index contributed by atoms with van der Waals surface area (Å²) in [7, 11) is 1.86. The summed E-state index contributed by atoms with van der Waals surface area (Å²) in [5.41, 5.74) is 0.970. The molecule has 0 bridgehead atoms. The van der Waals surface area contributed by atoms with Crippen LogP contribution in [-0.4, -0.2) is 14.8 Å². The monoisotopic (exact) mass is 369 g/mol. The van der Waals surface area contributed by atoms with Crippen LogP contribution >= 0.6 is 23.1 Å². The van der Waals surface area contributed by atoms with Crippen molar-refractivity contribution in [2.24, 2.45) is 7.05 Å². The van der Waals surface area contributed by atoms with Gasteiger partial charge in [-0.15, -0.1) is 21.5 Å². The number of rotatable bonds is 4. The number of alkyl halides is 3. The van der Waals surface area contributed by atoms with Crippen molar-refractivity contribution in [3.05, 3.63) is 51.7 Å². The predicted octanol–water partition coefficient (Wildman–Crippen LogP) is 5.16. The standard InChI is InChI=1S/C16H14F3N3S2/c1-10-6-12(9-23-10)14-20-21-15(22(14)2)24-8-11-4-3-5-13(7-11)16(17,18)19/h3-7,9H,8H2,1-2H3. The molecule has 3 aromatic rings. The highest BCUT2D eigenvalue weighted by Crippen LogP contribution is 2.32. The van der Waals surface area contributed by atoms with Crippen molar-refractivity contribution in [3.63, 3.8) is 0 Å². The summed E-state index contributed by atoms with van der Waals surface area (Å²) in [6, 6.07) is 7.40. The number of hydrogen-bond donors (Lipinski definition) is 0. The Morgan fingerprint density at radius 1 is 1.21 bits per heavy atom. The van der Waals surface area contributed by atoms with Crippen LogP contribution in [0.2, 0.25) is 0 Å². The minimum Gasteiger partial charge on any atom is -0.305 e. The number of thioether (sulfide) groups is 1. The first-order valence-corrected chi connectivity index (χ1v) is 8.95. The topological polar surface area (TPSA) is 30.7 Å². The second kappa shape index (κ2) is 6.60. The Morgan fingerprint density at radius 2 is 2.00 bits per heavy atom. The first-order chi connectivity index (χ1) is 11.3. The van der Waals surface area contributed by atoms with Crippen molar-refractivity contribution in [1.29, 1.82) is 0 Å². The smallest absolute Gasteiger partial charge is 0.305 e. The molecule has 126 valence electrons. The molecule has 0 aliphatic rings. The summed E-state index contributed by atoms with van der Waals surface area (Å²) in [5, 5.41) is 11.0. The molecular weight excluding hydrogens is 355 g/mol. The molecule has 0 aliphatic heterocycles. The lowest BCUT2D eigenvalue weighted by molar-refractivity contribution is -0.137. The van der Waals surface area contributed by atoms with Crippen LogP contribution in [0.3, 0.4) is 0 Å². The maximum absolute atomic E-state index is 12.8. The zero-order chi connectivity index (χ0) is 17.3. The van der Waals surface area contributed by atoms with Crippen LogP contribution in [-0.2, 0) is 19.0 Å². The van der Waals surface area contributed by atoms with Gasteiger partial charge in [0, 0.05) is 28.6 Å². The molecule has 0 atom stereocenters. The normalized spacial score (nSPS) is 11.9. The molecular formula is C16H14F3N3S2. The largest absolute Gasteiger partial charge is 0.416 e. The van der Waals surface area contributed by atoms with Gasteiger partial charge in [0.2, 0.25) is 0 Å². The first-order valence-electron chi connectivity index (χ1n) is 7.08. The van der Waals surface area contributed by atoms with E-state index in [0.29, 0.717) is 16.5 Å². The van der Waals surface area contributed by atoms with Crippen LogP contribution in [0, 0.1) is 6.92 Å². The highest BCUT2D eigenvalue weighted by atomic mass is 32.2. The van der Waals surface area contributed by atoms with Gasteiger partial charge in [-0.1, -0.05) is 30.0 Å². The summed E-state index contributed by atoms with van der Waals surface area (Å²) in [5.74, 6) is 1.16. The van der Waals surface area contributed by atoms with Gasteiger partial charge < -0.3 is 4.57 Å². The number of aryl methyl sites for hydroxylation is 1.